The second-order valence-electron chi connectivity index (χ2n) is 5.63. The van der Waals surface area contributed by atoms with E-state index in [9.17, 15) is 0 Å². The number of ether oxygens (including phenoxy) is 2. The maximum atomic E-state index is 5.75. The summed E-state index contributed by atoms with van der Waals surface area (Å²) in [6, 6.07) is 7.87. The summed E-state index contributed by atoms with van der Waals surface area (Å²) in [6.07, 6.45) is 1.83. The van der Waals surface area contributed by atoms with E-state index in [1.807, 2.05) is 31.2 Å². The molecule has 0 bridgehead atoms. The number of benzene rings is 1. The average Bonchev–Trinajstić information content (AvgIpc) is 3.12. The van der Waals surface area contributed by atoms with Crippen LogP contribution in [-0.2, 0) is 17.7 Å². The van der Waals surface area contributed by atoms with Gasteiger partial charge in [-0.05, 0) is 25.5 Å². The van der Waals surface area contributed by atoms with Crippen molar-refractivity contribution in [3.8, 4) is 5.75 Å². The number of methoxy groups -OCH3 is 1. The maximum Gasteiger partial charge on any atom is 0.196 e. The second-order valence-corrected chi connectivity index (χ2v) is 6.57. The molecule has 0 spiro atoms. The van der Waals surface area contributed by atoms with Crippen molar-refractivity contribution in [1.82, 2.24) is 10.3 Å². The largest absolute Gasteiger partial charge is 0.493 e. The van der Waals surface area contributed by atoms with E-state index in [0.717, 1.165) is 47.5 Å². The van der Waals surface area contributed by atoms with Crippen LogP contribution in [0.4, 0.5) is 5.69 Å². The van der Waals surface area contributed by atoms with Gasteiger partial charge in [-0.15, -0.1) is 11.3 Å². The number of hydrogen-bond acceptors (Lipinski definition) is 5. The SMILES string of the molecule is CCNC(=NCc1csc(CC)n1)Nc1cccc(OCCCOC)c1. The lowest BCUT2D eigenvalue weighted by Gasteiger charge is -2.12. The number of guanidine groups is 1. The topological polar surface area (TPSA) is 67.8 Å². The van der Waals surface area contributed by atoms with Gasteiger partial charge in [0.1, 0.15) is 5.75 Å². The molecule has 0 saturated heterocycles. The summed E-state index contributed by atoms with van der Waals surface area (Å²) in [5.41, 5.74) is 1.93. The van der Waals surface area contributed by atoms with E-state index in [-0.39, 0.29) is 0 Å². The summed E-state index contributed by atoms with van der Waals surface area (Å²) in [5, 5.41) is 9.80. The van der Waals surface area contributed by atoms with Gasteiger partial charge in [0.15, 0.2) is 5.96 Å². The van der Waals surface area contributed by atoms with Gasteiger partial charge in [-0.2, -0.15) is 0 Å². The van der Waals surface area contributed by atoms with Crippen LogP contribution in [0.3, 0.4) is 0 Å². The van der Waals surface area contributed by atoms with E-state index in [4.69, 9.17) is 9.47 Å². The van der Waals surface area contributed by atoms with Gasteiger partial charge in [-0.3, -0.25) is 0 Å². The highest BCUT2D eigenvalue weighted by molar-refractivity contribution is 7.09. The minimum atomic E-state index is 0.555. The van der Waals surface area contributed by atoms with E-state index in [2.05, 4.69) is 32.9 Å². The van der Waals surface area contributed by atoms with Gasteiger partial charge in [0.25, 0.3) is 0 Å². The van der Waals surface area contributed by atoms with Gasteiger partial charge >= 0.3 is 0 Å². The minimum Gasteiger partial charge on any atom is -0.493 e. The van der Waals surface area contributed by atoms with Crippen LogP contribution in [0.1, 0.15) is 31.0 Å². The molecule has 6 nitrogen and oxygen atoms in total. The summed E-state index contributed by atoms with van der Waals surface area (Å²) in [6.45, 7) is 6.84. The van der Waals surface area contributed by atoms with Crippen LogP contribution in [0.15, 0.2) is 34.6 Å². The summed E-state index contributed by atoms with van der Waals surface area (Å²) in [4.78, 5) is 9.18. The summed E-state index contributed by atoms with van der Waals surface area (Å²) in [5.74, 6) is 1.56. The van der Waals surface area contributed by atoms with Crippen LogP contribution in [0.2, 0.25) is 0 Å². The first-order valence-electron chi connectivity index (χ1n) is 8.95. The highest BCUT2D eigenvalue weighted by atomic mass is 32.1. The molecule has 2 rings (SSSR count). The number of anilines is 1. The lowest BCUT2D eigenvalue weighted by atomic mass is 10.3. The highest BCUT2D eigenvalue weighted by Gasteiger charge is 2.03. The number of thiazole rings is 1. The number of nitrogens with one attached hydrogen (secondary N) is 2. The molecular formula is C19H28N4O2S. The molecule has 0 atom stereocenters. The molecule has 7 heteroatoms. The second kappa shape index (κ2) is 11.5. The molecule has 0 radical (unpaired) electrons. The van der Waals surface area contributed by atoms with E-state index >= 15 is 0 Å². The van der Waals surface area contributed by atoms with Crippen molar-refractivity contribution in [2.45, 2.75) is 33.2 Å². The monoisotopic (exact) mass is 376 g/mol. The fourth-order valence-corrected chi connectivity index (χ4v) is 2.98. The third-order valence-electron chi connectivity index (χ3n) is 3.50. The lowest BCUT2D eigenvalue weighted by molar-refractivity contribution is 0.172. The zero-order valence-electron chi connectivity index (χ0n) is 15.7. The number of hydrogen-bond donors (Lipinski definition) is 2. The Labute approximate surface area is 159 Å². The highest BCUT2D eigenvalue weighted by Crippen LogP contribution is 2.18. The fourth-order valence-electron chi connectivity index (χ4n) is 2.24. The molecule has 0 aliphatic heterocycles. The normalized spacial score (nSPS) is 11.4. The number of aryl methyl sites for hydroxylation is 1. The van der Waals surface area contributed by atoms with E-state index in [1.165, 1.54) is 0 Å². The van der Waals surface area contributed by atoms with Crippen molar-refractivity contribution < 1.29 is 9.47 Å². The molecule has 26 heavy (non-hydrogen) atoms. The van der Waals surface area contributed by atoms with E-state index in [1.54, 1.807) is 18.4 Å². The third kappa shape index (κ3) is 7.01. The van der Waals surface area contributed by atoms with E-state index < -0.39 is 0 Å². The Hall–Kier alpha value is -2.12. The Bertz CT molecular complexity index is 688. The Kier molecular flexibility index (Phi) is 8.92. The van der Waals surface area contributed by atoms with Gasteiger partial charge in [0, 0.05) is 43.8 Å². The molecule has 0 saturated carbocycles. The predicted octanol–water partition coefficient (Wildman–Crippen LogP) is 3.70. The van der Waals surface area contributed by atoms with Gasteiger partial charge < -0.3 is 20.1 Å². The van der Waals surface area contributed by atoms with Gasteiger partial charge in [-0.25, -0.2) is 9.98 Å². The van der Waals surface area contributed by atoms with Crippen molar-refractivity contribution in [3.63, 3.8) is 0 Å². The first kappa shape index (κ1) is 20.2. The predicted molar refractivity (Wildman–Crippen MR) is 108 cm³/mol. The van der Waals surface area contributed by atoms with Crippen LogP contribution < -0.4 is 15.4 Å². The van der Waals surface area contributed by atoms with Crippen LogP contribution in [0.25, 0.3) is 0 Å². The molecule has 142 valence electrons. The Morgan fingerprint density at radius 3 is 2.88 bits per heavy atom. The van der Waals surface area contributed by atoms with Gasteiger partial charge in [0.2, 0.25) is 0 Å². The van der Waals surface area contributed by atoms with Crippen molar-refractivity contribution >= 4 is 23.0 Å². The summed E-state index contributed by atoms with van der Waals surface area (Å²) < 4.78 is 10.8. The standard InChI is InChI=1S/C19H28N4O2S/c1-4-18-22-16(14-26-18)13-21-19(20-5-2)23-15-8-6-9-17(12-15)25-11-7-10-24-3/h6,8-9,12,14H,4-5,7,10-11,13H2,1-3H3,(H2,20,21,23). The Morgan fingerprint density at radius 1 is 1.27 bits per heavy atom. The van der Waals surface area contributed by atoms with Gasteiger partial charge in [0.05, 0.1) is 23.9 Å². The number of aromatic nitrogens is 1. The van der Waals surface area contributed by atoms with Crippen molar-refractivity contribution in [2.24, 2.45) is 4.99 Å². The van der Waals surface area contributed by atoms with Crippen molar-refractivity contribution in [2.75, 3.05) is 32.2 Å². The number of rotatable bonds is 10. The average molecular weight is 377 g/mol. The molecular weight excluding hydrogens is 348 g/mol. The first-order valence-corrected chi connectivity index (χ1v) is 9.83. The molecule has 0 aliphatic rings. The van der Waals surface area contributed by atoms with Crippen LogP contribution >= 0.6 is 11.3 Å². The van der Waals surface area contributed by atoms with Crippen molar-refractivity contribution in [3.05, 3.63) is 40.3 Å². The molecule has 0 amide bonds. The van der Waals surface area contributed by atoms with Crippen molar-refractivity contribution in [1.29, 1.82) is 0 Å². The van der Waals surface area contributed by atoms with Crippen LogP contribution in [0.5, 0.6) is 5.75 Å². The van der Waals surface area contributed by atoms with Crippen LogP contribution in [-0.4, -0.2) is 37.8 Å². The Balaban J connectivity index is 1.96. The number of nitrogens with zero attached hydrogens (tertiary/aromatic N) is 2. The molecule has 1 aromatic heterocycles. The quantitative estimate of drug-likeness (QED) is 0.376. The minimum absolute atomic E-state index is 0.555. The molecule has 1 aromatic carbocycles. The zero-order valence-corrected chi connectivity index (χ0v) is 16.6. The zero-order chi connectivity index (χ0) is 18.6. The molecule has 0 unspecified atom stereocenters. The lowest BCUT2D eigenvalue weighted by Crippen LogP contribution is -2.30. The fraction of sp³-hybridized carbons (Fsp3) is 0.474. The summed E-state index contributed by atoms with van der Waals surface area (Å²) >= 11 is 1.68. The first-order chi connectivity index (χ1) is 12.7. The number of aliphatic imine (C=N–C) groups is 1. The maximum absolute atomic E-state index is 5.75. The van der Waals surface area contributed by atoms with E-state index in [0.29, 0.717) is 19.8 Å². The van der Waals surface area contributed by atoms with Crippen LogP contribution in [0, 0.1) is 0 Å². The molecule has 0 aliphatic carbocycles. The molecule has 2 N–H and O–H groups in total. The summed E-state index contributed by atoms with van der Waals surface area (Å²) in [7, 11) is 1.70. The third-order valence-corrected chi connectivity index (χ3v) is 4.55. The molecule has 1 heterocycles. The molecule has 0 fully saturated rings. The molecule has 2 aromatic rings. The van der Waals surface area contributed by atoms with Gasteiger partial charge in [-0.1, -0.05) is 13.0 Å². The Morgan fingerprint density at radius 2 is 2.15 bits per heavy atom. The smallest absolute Gasteiger partial charge is 0.196 e.